The molecule has 3 unspecified atom stereocenters. The van der Waals surface area contributed by atoms with Crippen LogP contribution in [-0.4, -0.2) is 12.6 Å². The van der Waals surface area contributed by atoms with Crippen LogP contribution < -0.4 is 5.32 Å². The van der Waals surface area contributed by atoms with Crippen molar-refractivity contribution in [2.24, 2.45) is 17.8 Å². The first-order valence-electron chi connectivity index (χ1n) is 6.49. The second kappa shape index (κ2) is 4.65. The van der Waals surface area contributed by atoms with Crippen LogP contribution in [0.15, 0.2) is 0 Å². The molecule has 0 radical (unpaired) electrons. The average molecular weight is 195 g/mol. The van der Waals surface area contributed by atoms with Gasteiger partial charge in [0, 0.05) is 6.04 Å². The van der Waals surface area contributed by atoms with Crippen LogP contribution in [0.3, 0.4) is 0 Å². The summed E-state index contributed by atoms with van der Waals surface area (Å²) in [5.41, 5.74) is 0. The van der Waals surface area contributed by atoms with Gasteiger partial charge in [-0.25, -0.2) is 0 Å². The van der Waals surface area contributed by atoms with E-state index < -0.39 is 0 Å². The normalized spacial score (nSPS) is 39.4. The molecule has 0 heterocycles. The van der Waals surface area contributed by atoms with Gasteiger partial charge in [0.05, 0.1) is 0 Å². The van der Waals surface area contributed by atoms with Crippen LogP contribution >= 0.6 is 0 Å². The molecule has 0 amide bonds. The fraction of sp³-hybridized carbons (Fsp3) is 1.00. The van der Waals surface area contributed by atoms with Crippen LogP contribution in [0.2, 0.25) is 0 Å². The molecule has 2 aliphatic carbocycles. The highest BCUT2D eigenvalue weighted by molar-refractivity contribution is 4.81. The molecule has 1 heteroatoms. The summed E-state index contributed by atoms with van der Waals surface area (Å²) in [6, 6.07) is 0.835. The van der Waals surface area contributed by atoms with Crippen LogP contribution in [0, 0.1) is 17.8 Å². The van der Waals surface area contributed by atoms with Gasteiger partial charge < -0.3 is 5.32 Å². The number of nitrogens with one attached hydrogen (secondary N) is 1. The van der Waals surface area contributed by atoms with Crippen molar-refractivity contribution < 1.29 is 0 Å². The van der Waals surface area contributed by atoms with Crippen LogP contribution in [0.4, 0.5) is 0 Å². The lowest BCUT2D eigenvalue weighted by Crippen LogP contribution is -2.39. The van der Waals surface area contributed by atoms with E-state index in [0.29, 0.717) is 0 Å². The Labute approximate surface area is 88.7 Å². The predicted molar refractivity (Wildman–Crippen MR) is 61.3 cm³/mol. The van der Waals surface area contributed by atoms with E-state index in [-0.39, 0.29) is 0 Å². The highest BCUT2D eigenvalue weighted by Crippen LogP contribution is 2.30. The van der Waals surface area contributed by atoms with Gasteiger partial charge in [0.2, 0.25) is 0 Å². The second-order valence-corrected chi connectivity index (χ2v) is 5.67. The van der Waals surface area contributed by atoms with Gasteiger partial charge in [-0.3, -0.25) is 0 Å². The molecule has 0 saturated heterocycles. The largest absolute Gasteiger partial charge is 0.314 e. The fourth-order valence-corrected chi connectivity index (χ4v) is 2.76. The van der Waals surface area contributed by atoms with Gasteiger partial charge in [-0.05, 0) is 56.4 Å². The van der Waals surface area contributed by atoms with E-state index >= 15 is 0 Å². The molecule has 1 N–H and O–H groups in total. The Morgan fingerprint density at radius 1 is 1.00 bits per heavy atom. The molecule has 1 nitrogen and oxygen atoms in total. The van der Waals surface area contributed by atoms with Crippen molar-refractivity contribution in [1.29, 1.82) is 0 Å². The first-order chi connectivity index (χ1) is 6.75. The third-order valence-electron chi connectivity index (χ3n) is 4.52. The van der Waals surface area contributed by atoms with E-state index in [4.69, 9.17) is 0 Å². The van der Waals surface area contributed by atoms with Crippen molar-refractivity contribution in [3.05, 3.63) is 0 Å². The zero-order valence-electron chi connectivity index (χ0n) is 9.76. The van der Waals surface area contributed by atoms with Crippen molar-refractivity contribution in [2.45, 2.75) is 58.4 Å². The highest BCUT2D eigenvalue weighted by atomic mass is 14.9. The predicted octanol–water partition coefficient (Wildman–Crippen LogP) is 3.20. The Balaban J connectivity index is 1.65. The monoisotopic (exact) mass is 195 g/mol. The molecular weight excluding hydrogens is 170 g/mol. The first kappa shape index (κ1) is 10.5. The summed E-state index contributed by atoms with van der Waals surface area (Å²) in [6.45, 7) is 6.13. The van der Waals surface area contributed by atoms with E-state index in [2.05, 4.69) is 19.2 Å². The number of rotatable bonds is 3. The SMILES string of the molecule is CC1CCC(NCC2CCC2)CC1C. The summed E-state index contributed by atoms with van der Waals surface area (Å²) >= 11 is 0. The van der Waals surface area contributed by atoms with Crippen molar-refractivity contribution in [3.8, 4) is 0 Å². The van der Waals surface area contributed by atoms with E-state index in [0.717, 1.165) is 23.8 Å². The molecule has 2 saturated carbocycles. The molecule has 3 atom stereocenters. The molecule has 0 aromatic rings. The van der Waals surface area contributed by atoms with Gasteiger partial charge in [-0.15, -0.1) is 0 Å². The van der Waals surface area contributed by atoms with Crippen LogP contribution in [0.5, 0.6) is 0 Å². The van der Waals surface area contributed by atoms with E-state index in [1.54, 1.807) is 0 Å². The van der Waals surface area contributed by atoms with Crippen molar-refractivity contribution >= 4 is 0 Å². The maximum atomic E-state index is 3.77. The Morgan fingerprint density at radius 3 is 2.36 bits per heavy atom. The maximum Gasteiger partial charge on any atom is 0.00699 e. The van der Waals surface area contributed by atoms with E-state index in [1.807, 2.05) is 0 Å². The minimum atomic E-state index is 0.835. The summed E-state index contributed by atoms with van der Waals surface area (Å²) in [5.74, 6) is 2.91. The molecule has 0 aliphatic heterocycles. The zero-order chi connectivity index (χ0) is 9.97. The minimum absolute atomic E-state index is 0.835. The van der Waals surface area contributed by atoms with E-state index in [9.17, 15) is 0 Å². The van der Waals surface area contributed by atoms with Gasteiger partial charge in [-0.1, -0.05) is 20.3 Å². The third kappa shape index (κ3) is 2.50. The lowest BCUT2D eigenvalue weighted by molar-refractivity contribution is 0.207. The summed E-state index contributed by atoms with van der Waals surface area (Å²) in [6.07, 6.45) is 8.69. The smallest absolute Gasteiger partial charge is 0.00699 e. The standard InChI is InChI=1S/C13H25N/c1-10-6-7-13(8-11(10)2)14-9-12-4-3-5-12/h10-14H,3-9H2,1-2H3. The molecule has 0 bridgehead atoms. The van der Waals surface area contributed by atoms with Crippen LogP contribution in [-0.2, 0) is 0 Å². The Kier molecular flexibility index (Phi) is 3.48. The molecule has 0 aromatic heterocycles. The van der Waals surface area contributed by atoms with Gasteiger partial charge in [0.15, 0.2) is 0 Å². The fourth-order valence-electron chi connectivity index (χ4n) is 2.76. The lowest BCUT2D eigenvalue weighted by Gasteiger charge is -2.35. The Hall–Kier alpha value is -0.0400. The summed E-state index contributed by atoms with van der Waals surface area (Å²) in [5, 5.41) is 3.77. The molecule has 2 aliphatic rings. The summed E-state index contributed by atoms with van der Waals surface area (Å²) in [7, 11) is 0. The number of hydrogen-bond acceptors (Lipinski definition) is 1. The van der Waals surface area contributed by atoms with Crippen molar-refractivity contribution in [3.63, 3.8) is 0 Å². The molecule has 2 fully saturated rings. The molecule has 82 valence electrons. The lowest BCUT2D eigenvalue weighted by atomic mass is 9.78. The minimum Gasteiger partial charge on any atom is -0.314 e. The highest BCUT2D eigenvalue weighted by Gasteiger charge is 2.25. The molecule has 0 spiro atoms. The second-order valence-electron chi connectivity index (χ2n) is 5.67. The van der Waals surface area contributed by atoms with Crippen molar-refractivity contribution in [1.82, 2.24) is 5.32 Å². The van der Waals surface area contributed by atoms with Gasteiger partial charge in [-0.2, -0.15) is 0 Å². The average Bonchev–Trinajstić information content (AvgIpc) is 2.08. The molecule has 14 heavy (non-hydrogen) atoms. The Bertz CT molecular complexity index is 174. The number of hydrogen-bond donors (Lipinski definition) is 1. The summed E-state index contributed by atoms with van der Waals surface area (Å²) < 4.78 is 0. The third-order valence-corrected chi connectivity index (χ3v) is 4.52. The first-order valence-corrected chi connectivity index (χ1v) is 6.49. The van der Waals surface area contributed by atoms with Gasteiger partial charge in [0.1, 0.15) is 0 Å². The van der Waals surface area contributed by atoms with Gasteiger partial charge in [0.25, 0.3) is 0 Å². The Morgan fingerprint density at radius 2 is 1.79 bits per heavy atom. The van der Waals surface area contributed by atoms with Crippen LogP contribution in [0.1, 0.15) is 52.4 Å². The molecule has 0 aromatic carbocycles. The van der Waals surface area contributed by atoms with E-state index in [1.165, 1.54) is 45.1 Å². The molecule has 2 rings (SSSR count). The van der Waals surface area contributed by atoms with Crippen LogP contribution in [0.25, 0.3) is 0 Å². The van der Waals surface area contributed by atoms with Gasteiger partial charge >= 0.3 is 0 Å². The topological polar surface area (TPSA) is 12.0 Å². The maximum absolute atomic E-state index is 3.77. The zero-order valence-corrected chi connectivity index (χ0v) is 9.76. The van der Waals surface area contributed by atoms with Crippen molar-refractivity contribution in [2.75, 3.05) is 6.54 Å². The quantitative estimate of drug-likeness (QED) is 0.729. The summed E-state index contributed by atoms with van der Waals surface area (Å²) in [4.78, 5) is 0. The molecular formula is C13H25N.